The topological polar surface area (TPSA) is 34.1 Å². The van der Waals surface area contributed by atoms with E-state index in [-0.39, 0.29) is 16.7 Å². The number of hydrogen-bond donors (Lipinski definition) is 1. The molecule has 0 radical (unpaired) electrons. The molecule has 0 unspecified atom stereocenters. The van der Waals surface area contributed by atoms with Gasteiger partial charge >= 0.3 is 0 Å². The maximum Gasteiger partial charge on any atom is 0.158 e. The maximum atomic E-state index is 14.6. The fraction of sp³-hybridized carbons (Fsp3) is 0.0526. The zero-order valence-electron chi connectivity index (χ0n) is 12.8. The second-order valence-corrected chi connectivity index (χ2v) is 6.65. The molecule has 0 saturated heterocycles. The Morgan fingerprint density at radius 1 is 0.640 bits per heavy atom. The standard InChI is InChI=1S/C19H13F3O2S/c20-15-9-5-13(6-10-15)19(25(23)24,14-7-11-16(21)12-8-14)17-3-1-2-4-18(17)22/h1-12,25H. The quantitative estimate of drug-likeness (QED) is 0.562. The van der Waals surface area contributed by atoms with Crippen molar-refractivity contribution in [2.45, 2.75) is 4.75 Å². The van der Waals surface area contributed by atoms with Crippen LogP contribution in [0.4, 0.5) is 13.2 Å². The summed E-state index contributed by atoms with van der Waals surface area (Å²) in [6.07, 6.45) is 0. The Morgan fingerprint density at radius 2 is 1.08 bits per heavy atom. The molecule has 0 atom stereocenters. The van der Waals surface area contributed by atoms with Crippen LogP contribution in [0.1, 0.15) is 16.7 Å². The first-order valence-electron chi connectivity index (χ1n) is 7.38. The average Bonchev–Trinajstić information content (AvgIpc) is 2.59. The minimum absolute atomic E-state index is 0.107. The van der Waals surface area contributed by atoms with Crippen LogP contribution in [0.2, 0.25) is 0 Å². The van der Waals surface area contributed by atoms with E-state index in [4.69, 9.17) is 0 Å². The van der Waals surface area contributed by atoms with Gasteiger partial charge in [0.25, 0.3) is 0 Å². The number of halogens is 3. The van der Waals surface area contributed by atoms with E-state index in [1.54, 1.807) is 0 Å². The Labute approximate surface area is 144 Å². The van der Waals surface area contributed by atoms with Gasteiger partial charge in [0.1, 0.15) is 22.2 Å². The van der Waals surface area contributed by atoms with Crippen LogP contribution < -0.4 is 0 Å². The molecule has 0 amide bonds. The van der Waals surface area contributed by atoms with Gasteiger partial charge in [-0.05, 0) is 41.5 Å². The summed E-state index contributed by atoms with van der Waals surface area (Å²) in [5, 5.41) is 0. The van der Waals surface area contributed by atoms with Crippen LogP contribution in [-0.4, -0.2) is 8.42 Å². The van der Waals surface area contributed by atoms with Crippen LogP contribution >= 0.6 is 0 Å². The van der Waals surface area contributed by atoms with E-state index < -0.39 is 32.9 Å². The van der Waals surface area contributed by atoms with Gasteiger partial charge in [-0.1, -0.05) is 42.5 Å². The molecule has 128 valence electrons. The molecule has 3 rings (SSSR count). The molecule has 0 aliphatic rings. The number of benzene rings is 3. The Morgan fingerprint density at radius 3 is 1.48 bits per heavy atom. The van der Waals surface area contributed by atoms with Gasteiger partial charge in [-0.3, -0.25) is 0 Å². The first-order valence-corrected chi connectivity index (χ1v) is 8.55. The molecule has 25 heavy (non-hydrogen) atoms. The normalized spacial score (nSPS) is 11.7. The van der Waals surface area contributed by atoms with Crippen LogP contribution in [0.3, 0.4) is 0 Å². The smallest absolute Gasteiger partial charge is 0.158 e. The largest absolute Gasteiger partial charge is 0.230 e. The summed E-state index contributed by atoms with van der Waals surface area (Å²) in [5.74, 6) is -1.83. The molecule has 0 aliphatic carbocycles. The van der Waals surface area contributed by atoms with Crippen molar-refractivity contribution in [2.75, 3.05) is 0 Å². The predicted molar refractivity (Wildman–Crippen MR) is 89.4 cm³/mol. The third-order valence-corrected chi connectivity index (χ3v) is 5.37. The molecular formula is C19H13F3O2S. The third kappa shape index (κ3) is 2.93. The van der Waals surface area contributed by atoms with Crippen LogP contribution in [-0.2, 0) is 15.5 Å². The van der Waals surface area contributed by atoms with Crippen molar-refractivity contribution in [1.29, 1.82) is 0 Å². The third-order valence-electron chi connectivity index (χ3n) is 4.06. The van der Waals surface area contributed by atoms with Gasteiger partial charge in [-0.15, -0.1) is 0 Å². The zero-order valence-corrected chi connectivity index (χ0v) is 13.7. The predicted octanol–water partition coefficient (Wildman–Crippen LogP) is 4.01. The summed E-state index contributed by atoms with van der Waals surface area (Å²) in [6.45, 7) is 0. The van der Waals surface area contributed by atoms with Gasteiger partial charge < -0.3 is 0 Å². The lowest BCUT2D eigenvalue weighted by Gasteiger charge is -2.30. The fourth-order valence-electron chi connectivity index (χ4n) is 2.92. The van der Waals surface area contributed by atoms with Crippen molar-refractivity contribution in [1.82, 2.24) is 0 Å². The molecule has 0 saturated carbocycles. The number of hydrogen-bond acceptors (Lipinski definition) is 2. The molecule has 0 aliphatic heterocycles. The molecule has 0 spiro atoms. The van der Waals surface area contributed by atoms with E-state index in [2.05, 4.69) is 0 Å². The Balaban J connectivity index is 2.43. The number of thiol groups is 1. The van der Waals surface area contributed by atoms with Gasteiger partial charge in [0.15, 0.2) is 10.7 Å². The van der Waals surface area contributed by atoms with Gasteiger partial charge in [0, 0.05) is 5.56 Å². The van der Waals surface area contributed by atoms with Crippen LogP contribution in [0.5, 0.6) is 0 Å². The van der Waals surface area contributed by atoms with E-state index in [9.17, 15) is 21.6 Å². The summed E-state index contributed by atoms with van der Waals surface area (Å²) in [7, 11) is -3.30. The summed E-state index contributed by atoms with van der Waals surface area (Å²) < 4.78 is 64.2. The second kappa shape index (κ2) is 6.72. The van der Waals surface area contributed by atoms with Gasteiger partial charge in [-0.25, -0.2) is 21.6 Å². The van der Waals surface area contributed by atoms with Crippen molar-refractivity contribution >= 4 is 10.7 Å². The Kier molecular flexibility index (Phi) is 4.63. The molecule has 0 heterocycles. The van der Waals surface area contributed by atoms with Gasteiger partial charge in [0.2, 0.25) is 0 Å². The van der Waals surface area contributed by atoms with Crippen molar-refractivity contribution in [2.24, 2.45) is 0 Å². The monoisotopic (exact) mass is 362 g/mol. The molecule has 3 aromatic carbocycles. The fourth-order valence-corrected chi connectivity index (χ4v) is 4.02. The minimum atomic E-state index is -3.30. The first-order chi connectivity index (χ1) is 12.0. The Bertz CT molecular complexity index is 911. The average molecular weight is 362 g/mol. The molecule has 0 aromatic heterocycles. The van der Waals surface area contributed by atoms with E-state index in [1.807, 2.05) is 0 Å². The lowest BCUT2D eigenvalue weighted by Crippen LogP contribution is -2.32. The lowest BCUT2D eigenvalue weighted by molar-refractivity contribution is 0.567. The highest BCUT2D eigenvalue weighted by Gasteiger charge is 2.42. The molecule has 2 nitrogen and oxygen atoms in total. The highest BCUT2D eigenvalue weighted by Crippen LogP contribution is 2.41. The molecule has 0 fully saturated rings. The van der Waals surface area contributed by atoms with Crippen molar-refractivity contribution < 1.29 is 21.6 Å². The van der Waals surface area contributed by atoms with Crippen LogP contribution in [0.25, 0.3) is 0 Å². The van der Waals surface area contributed by atoms with Gasteiger partial charge in [-0.2, -0.15) is 0 Å². The first kappa shape index (κ1) is 17.2. The van der Waals surface area contributed by atoms with Crippen LogP contribution in [0, 0.1) is 17.5 Å². The summed E-state index contributed by atoms with van der Waals surface area (Å²) in [6, 6.07) is 15.0. The lowest BCUT2D eigenvalue weighted by atomic mass is 9.83. The number of rotatable bonds is 4. The summed E-state index contributed by atoms with van der Waals surface area (Å²) in [5.41, 5.74) is 0.229. The highest BCUT2D eigenvalue weighted by molar-refractivity contribution is 7.74. The molecule has 0 bridgehead atoms. The van der Waals surface area contributed by atoms with E-state index in [0.29, 0.717) is 0 Å². The SMILES string of the molecule is O=[SH](=O)C(c1ccc(F)cc1)(c1ccc(F)cc1)c1ccccc1F. The van der Waals surface area contributed by atoms with Gasteiger partial charge in [0.05, 0.1) is 0 Å². The van der Waals surface area contributed by atoms with E-state index >= 15 is 0 Å². The maximum absolute atomic E-state index is 14.6. The van der Waals surface area contributed by atoms with E-state index in [0.717, 1.165) is 30.3 Å². The van der Waals surface area contributed by atoms with Crippen LogP contribution in [0.15, 0.2) is 72.8 Å². The highest BCUT2D eigenvalue weighted by atomic mass is 32.2. The molecule has 3 aromatic rings. The molecule has 0 N–H and O–H groups in total. The second-order valence-electron chi connectivity index (χ2n) is 5.46. The summed E-state index contributed by atoms with van der Waals surface area (Å²) in [4.78, 5) is 0. The summed E-state index contributed by atoms with van der Waals surface area (Å²) >= 11 is 0. The minimum Gasteiger partial charge on any atom is -0.230 e. The van der Waals surface area contributed by atoms with Crippen molar-refractivity contribution in [3.05, 3.63) is 107 Å². The van der Waals surface area contributed by atoms with Crippen molar-refractivity contribution in [3.8, 4) is 0 Å². The molecule has 6 heteroatoms. The van der Waals surface area contributed by atoms with E-state index in [1.165, 1.54) is 42.5 Å². The van der Waals surface area contributed by atoms with Crippen molar-refractivity contribution in [3.63, 3.8) is 0 Å². The Hall–Kier alpha value is -2.60. The molecular weight excluding hydrogens is 349 g/mol. The zero-order chi connectivity index (χ0) is 18.0.